The summed E-state index contributed by atoms with van der Waals surface area (Å²) >= 11 is 0. The van der Waals surface area contributed by atoms with Gasteiger partial charge in [0.25, 0.3) is 5.91 Å². The Balaban J connectivity index is 1.57. The van der Waals surface area contributed by atoms with Gasteiger partial charge in [0.15, 0.2) is 0 Å². The number of rotatable bonds is 8. The Morgan fingerprint density at radius 2 is 1.42 bits per heavy atom. The van der Waals surface area contributed by atoms with E-state index in [1.54, 1.807) is 6.21 Å². The first-order valence-electron chi connectivity index (χ1n) is 10.0. The van der Waals surface area contributed by atoms with Gasteiger partial charge in [0, 0.05) is 19.8 Å². The molecule has 0 aliphatic carbocycles. The third-order valence-electron chi connectivity index (χ3n) is 4.76. The van der Waals surface area contributed by atoms with Crippen molar-refractivity contribution >= 4 is 23.7 Å². The number of amides is 2. The minimum absolute atomic E-state index is 0.161. The van der Waals surface area contributed by atoms with E-state index >= 15 is 0 Å². The Bertz CT molecular complexity index is 977. The molecule has 0 aromatic heterocycles. The van der Waals surface area contributed by atoms with Crippen LogP contribution < -0.4 is 15.6 Å². The van der Waals surface area contributed by atoms with Crippen LogP contribution in [0.4, 0.5) is 5.69 Å². The first kappa shape index (κ1) is 21.8. The minimum atomic E-state index is -0.492. The molecular formula is C25H26N4O2. The molecule has 0 spiro atoms. The maximum absolute atomic E-state index is 12.9. The van der Waals surface area contributed by atoms with Crippen molar-refractivity contribution in [3.8, 4) is 0 Å². The SMILES string of the molecule is CN(C)c1ccc(C=NNC(=O)CNC(=O)C(c2ccccc2)c2ccccc2)cc1. The quantitative estimate of drug-likeness (QED) is 0.439. The van der Waals surface area contributed by atoms with E-state index in [-0.39, 0.29) is 12.5 Å². The van der Waals surface area contributed by atoms with Crippen LogP contribution in [0.25, 0.3) is 0 Å². The number of benzene rings is 3. The second-order valence-corrected chi connectivity index (χ2v) is 7.25. The summed E-state index contributed by atoms with van der Waals surface area (Å²) in [5.41, 5.74) is 6.12. The number of hydrogen-bond donors (Lipinski definition) is 2. The molecule has 0 radical (unpaired) electrons. The Labute approximate surface area is 182 Å². The summed E-state index contributed by atoms with van der Waals surface area (Å²) < 4.78 is 0. The zero-order valence-corrected chi connectivity index (χ0v) is 17.7. The van der Waals surface area contributed by atoms with Gasteiger partial charge in [-0.15, -0.1) is 0 Å². The van der Waals surface area contributed by atoms with E-state index in [1.165, 1.54) is 0 Å². The molecule has 3 aromatic carbocycles. The van der Waals surface area contributed by atoms with Crippen molar-refractivity contribution in [2.45, 2.75) is 5.92 Å². The first-order chi connectivity index (χ1) is 15.0. The normalized spacial score (nSPS) is 10.8. The Hall–Kier alpha value is -3.93. The maximum Gasteiger partial charge on any atom is 0.259 e. The third kappa shape index (κ3) is 6.27. The molecule has 0 bridgehead atoms. The van der Waals surface area contributed by atoms with Crippen molar-refractivity contribution < 1.29 is 9.59 Å². The lowest BCUT2D eigenvalue weighted by atomic mass is 9.90. The van der Waals surface area contributed by atoms with Crippen LogP contribution in [0, 0.1) is 0 Å². The monoisotopic (exact) mass is 414 g/mol. The summed E-state index contributed by atoms with van der Waals surface area (Å²) in [4.78, 5) is 27.0. The summed E-state index contributed by atoms with van der Waals surface area (Å²) in [6, 6.07) is 26.8. The van der Waals surface area contributed by atoms with Gasteiger partial charge in [0.05, 0.1) is 18.7 Å². The number of anilines is 1. The maximum atomic E-state index is 12.9. The molecule has 0 fully saturated rings. The van der Waals surface area contributed by atoms with Gasteiger partial charge in [-0.25, -0.2) is 5.43 Å². The van der Waals surface area contributed by atoms with E-state index in [4.69, 9.17) is 0 Å². The zero-order valence-electron chi connectivity index (χ0n) is 17.7. The number of nitrogens with zero attached hydrogens (tertiary/aromatic N) is 2. The van der Waals surface area contributed by atoms with Crippen LogP contribution in [0.15, 0.2) is 90.0 Å². The van der Waals surface area contributed by atoms with Crippen LogP contribution >= 0.6 is 0 Å². The third-order valence-corrected chi connectivity index (χ3v) is 4.76. The molecule has 3 aromatic rings. The lowest BCUT2D eigenvalue weighted by Crippen LogP contribution is -2.37. The van der Waals surface area contributed by atoms with Crippen molar-refractivity contribution in [1.29, 1.82) is 0 Å². The smallest absolute Gasteiger partial charge is 0.259 e. The lowest BCUT2D eigenvalue weighted by Gasteiger charge is -2.17. The van der Waals surface area contributed by atoms with E-state index in [9.17, 15) is 9.59 Å². The van der Waals surface area contributed by atoms with E-state index in [0.29, 0.717) is 0 Å². The average Bonchev–Trinajstić information content (AvgIpc) is 2.80. The van der Waals surface area contributed by atoms with Crippen LogP contribution in [0.5, 0.6) is 0 Å². The van der Waals surface area contributed by atoms with Crippen molar-refractivity contribution in [1.82, 2.24) is 10.7 Å². The largest absolute Gasteiger partial charge is 0.378 e. The molecule has 0 aliphatic rings. The van der Waals surface area contributed by atoms with E-state index in [1.807, 2.05) is 104 Å². The van der Waals surface area contributed by atoms with Crippen LogP contribution in [-0.2, 0) is 9.59 Å². The second-order valence-electron chi connectivity index (χ2n) is 7.25. The summed E-state index contributed by atoms with van der Waals surface area (Å²) in [6.07, 6.45) is 1.57. The molecule has 0 heterocycles. The summed E-state index contributed by atoms with van der Waals surface area (Å²) in [5.74, 6) is -1.13. The van der Waals surface area contributed by atoms with E-state index < -0.39 is 11.8 Å². The zero-order chi connectivity index (χ0) is 22.1. The molecule has 0 saturated heterocycles. The van der Waals surface area contributed by atoms with E-state index in [0.717, 1.165) is 22.4 Å². The van der Waals surface area contributed by atoms with Gasteiger partial charge in [0.1, 0.15) is 0 Å². The van der Waals surface area contributed by atoms with Crippen LogP contribution in [0.2, 0.25) is 0 Å². The highest BCUT2D eigenvalue weighted by Crippen LogP contribution is 2.24. The van der Waals surface area contributed by atoms with Crippen molar-refractivity contribution in [3.63, 3.8) is 0 Å². The molecule has 0 unspecified atom stereocenters. The van der Waals surface area contributed by atoms with Crippen molar-refractivity contribution in [3.05, 3.63) is 102 Å². The van der Waals surface area contributed by atoms with E-state index in [2.05, 4.69) is 15.8 Å². The van der Waals surface area contributed by atoms with Gasteiger partial charge in [-0.1, -0.05) is 72.8 Å². The fourth-order valence-electron chi connectivity index (χ4n) is 3.13. The fourth-order valence-corrected chi connectivity index (χ4v) is 3.13. The molecule has 2 amide bonds. The molecule has 0 aliphatic heterocycles. The summed E-state index contributed by atoms with van der Waals surface area (Å²) in [6.45, 7) is -0.161. The number of carbonyl (C=O) groups excluding carboxylic acids is 2. The molecule has 6 nitrogen and oxygen atoms in total. The number of carbonyl (C=O) groups is 2. The molecule has 2 N–H and O–H groups in total. The number of hydrogen-bond acceptors (Lipinski definition) is 4. The van der Waals surface area contributed by atoms with Gasteiger partial charge in [0.2, 0.25) is 5.91 Å². The predicted molar refractivity (Wildman–Crippen MR) is 124 cm³/mol. The second kappa shape index (κ2) is 10.7. The van der Waals surface area contributed by atoms with Crippen LogP contribution in [0.1, 0.15) is 22.6 Å². The Kier molecular flexibility index (Phi) is 7.54. The Morgan fingerprint density at radius 3 is 1.94 bits per heavy atom. The van der Waals surface area contributed by atoms with Gasteiger partial charge in [-0.05, 0) is 28.8 Å². The number of nitrogens with one attached hydrogen (secondary N) is 2. The standard InChI is InChI=1S/C25H26N4O2/c1-29(2)22-15-13-19(14-16-22)17-27-28-23(30)18-26-25(31)24(20-9-5-3-6-10-20)21-11-7-4-8-12-21/h3-17,24H,18H2,1-2H3,(H,26,31)(H,28,30). The summed E-state index contributed by atoms with van der Waals surface area (Å²) in [5, 5.41) is 6.68. The first-order valence-corrected chi connectivity index (χ1v) is 10.0. The van der Waals surface area contributed by atoms with Crippen molar-refractivity contribution in [2.75, 3.05) is 25.5 Å². The topological polar surface area (TPSA) is 73.8 Å². The number of hydrazone groups is 1. The molecule has 0 atom stereocenters. The lowest BCUT2D eigenvalue weighted by molar-refractivity contribution is -0.126. The van der Waals surface area contributed by atoms with Gasteiger partial charge in [-0.2, -0.15) is 5.10 Å². The van der Waals surface area contributed by atoms with Crippen molar-refractivity contribution in [2.24, 2.45) is 5.10 Å². The highest BCUT2D eigenvalue weighted by atomic mass is 16.2. The molecule has 6 heteroatoms. The average molecular weight is 415 g/mol. The molecule has 3 rings (SSSR count). The van der Waals surface area contributed by atoms with Gasteiger partial charge in [-0.3, -0.25) is 9.59 Å². The highest BCUT2D eigenvalue weighted by molar-refractivity contribution is 5.91. The summed E-state index contributed by atoms with van der Waals surface area (Å²) in [7, 11) is 3.94. The molecule has 158 valence electrons. The van der Waals surface area contributed by atoms with Crippen LogP contribution in [-0.4, -0.2) is 38.7 Å². The Morgan fingerprint density at radius 1 is 0.871 bits per heavy atom. The highest BCUT2D eigenvalue weighted by Gasteiger charge is 2.22. The predicted octanol–water partition coefficient (Wildman–Crippen LogP) is 3.15. The minimum Gasteiger partial charge on any atom is -0.378 e. The van der Waals surface area contributed by atoms with Gasteiger partial charge < -0.3 is 10.2 Å². The molecule has 31 heavy (non-hydrogen) atoms. The van der Waals surface area contributed by atoms with Gasteiger partial charge >= 0.3 is 0 Å². The fraction of sp³-hybridized carbons (Fsp3) is 0.160. The molecular weight excluding hydrogens is 388 g/mol. The van der Waals surface area contributed by atoms with Crippen LogP contribution in [0.3, 0.4) is 0 Å². The molecule has 0 saturated carbocycles.